The second-order valence-electron chi connectivity index (χ2n) is 5.63. The molecule has 1 heteroatoms. The van der Waals surface area contributed by atoms with Crippen LogP contribution in [0.25, 0.3) is 0 Å². The Morgan fingerprint density at radius 1 is 1.12 bits per heavy atom. The van der Waals surface area contributed by atoms with E-state index in [0.717, 1.165) is 0 Å². The topological polar surface area (TPSA) is 12.0 Å². The predicted octanol–water partition coefficient (Wildman–Crippen LogP) is 3.57. The molecule has 0 unspecified atom stereocenters. The zero-order chi connectivity index (χ0) is 12.1. The zero-order valence-corrected chi connectivity index (χ0v) is 11.3. The van der Waals surface area contributed by atoms with Gasteiger partial charge in [-0.25, -0.2) is 0 Å². The van der Waals surface area contributed by atoms with Gasteiger partial charge in [-0.3, -0.25) is 0 Å². The number of hydrogen-bond acceptors (Lipinski definition) is 1. The van der Waals surface area contributed by atoms with E-state index in [4.69, 9.17) is 0 Å². The molecule has 0 aromatic heterocycles. The normalized spacial score (nSPS) is 17.8. The third-order valence-electron chi connectivity index (χ3n) is 4.11. The van der Waals surface area contributed by atoms with Crippen molar-refractivity contribution < 1.29 is 0 Å². The minimum absolute atomic E-state index is 0.557. The van der Waals surface area contributed by atoms with Crippen LogP contribution in [0.4, 0.5) is 0 Å². The van der Waals surface area contributed by atoms with Crippen LogP contribution < -0.4 is 5.32 Å². The first-order chi connectivity index (χ1) is 8.28. The average Bonchev–Trinajstić information content (AvgIpc) is 2.29. The molecule has 94 valence electrons. The molecular formula is C16H25N. The minimum atomic E-state index is 0.557. The Balaban J connectivity index is 1.98. The molecule has 1 N–H and O–H groups in total. The third-order valence-corrected chi connectivity index (χ3v) is 4.11. The monoisotopic (exact) mass is 231 g/mol. The Labute approximate surface area is 106 Å². The Kier molecular flexibility index (Phi) is 4.22. The van der Waals surface area contributed by atoms with Gasteiger partial charge in [-0.1, -0.05) is 44.0 Å². The van der Waals surface area contributed by atoms with Crippen LogP contribution in [0.15, 0.2) is 24.3 Å². The molecule has 0 atom stereocenters. The lowest BCUT2D eigenvalue weighted by atomic mass is 9.65. The van der Waals surface area contributed by atoms with Crippen molar-refractivity contribution in [3.8, 4) is 0 Å². The molecule has 17 heavy (non-hydrogen) atoms. The van der Waals surface area contributed by atoms with E-state index >= 15 is 0 Å². The molecule has 1 fully saturated rings. The predicted molar refractivity (Wildman–Crippen MR) is 74.4 cm³/mol. The van der Waals surface area contributed by atoms with Gasteiger partial charge in [0.05, 0.1) is 0 Å². The summed E-state index contributed by atoms with van der Waals surface area (Å²) in [7, 11) is 2.07. The van der Waals surface area contributed by atoms with Crippen LogP contribution in [-0.2, 0) is 12.8 Å². The molecule has 0 radical (unpaired) electrons. The lowest BCUT2D eigenvalue weighted by molar-refractivity contribution is 0.133. The fraction of sp³-hybridized carbons (Fsp3) is 0.625. The van der Waals surface area contributed by atoms with Crippen molar-refractivity contribution >= 4 is 0 Å². The van der Waals surface area contributed by atoms with Gasteiger partial charge in [0.2, 0.25) is 0 Å². The minimum Gasteiger partial charge on any atom is -0.319 e. The maximum atomic E-state index is 3.36. The molecule has 0 saturated heterocycles. The molecule has 1 aliphatic rings. The summed E-state index contributed by atoms with van der Waals surface area (Å²) in [5, 5.41) is 3.36. The van der Waals surface area contributed by atoms with Gasteiger partial charge in [0.15, 0.2) is 0 Å². The molecule has 1 saturated carbocycles. The molecule has 0 bridgehead atoms. The fourth-order valence-electron chi connectivity index (χ4n) is 3.01. The summed E-state index contributed by atoms with van der Waals surface area (Å²) in [4.78, 5) is 0. The van der Waals surface area contributed by atoms with Crippen LogP contribution in [0, 0.1) is 5.41 Å². The third kappa shape index (κ3) is 3.10. The van der Waals surface area contributed by atoms with Crippen LogP contribution in [0.5, 0.6) is 0 Å². The van der Waals surface area contributed by atoms with Crippen molar-refractivity contribution in [3.63, 3.8) is 0 Å². The second-order valence-corrected chi connectivity index (χ2v) is 5.63. The first-order valence-electron chi connectivity index (χ1n) is 7.00. The summed E-state index contributed by atoms with van der Waals surface area (Å²) < 4.78 is 0. The molecule has 1 aromatic carbocycles. The van der Waals surface area contributed by atoms with Crippen LogP contribution in [0.3, 0.4) is 0 Å². The van der Waals surface area contributed by atoms with Gasteiger partial charge in [-0.15, -0.1) is 0 Å². The first-order valence-corrected chi connectivity index (χ1v) is 7.00. The van der Waals surface area contributed by atoms with Crippen molar-refractivity contribution in [2.75, 3.05) is 13.6 Å². The summed E-state index contributed by atoms with van der Waals surface area (Å²) in [6.45, 7) is 3.41. The summed E-state index contributed by atoms with van der Waals surface area (Å²) in [6, 6.07) is 9.29. The lowest BCUT2D eigenvalue weighted by Crippen LogP contribution is -2.40. The quantitative estimate of drug-likeness (QED) is 0.789. The van der Waals surface area contributed by atoms with E-state index in [-0.39, 0.29) is 0 Å². The van der Waals surface area contributed by atoms with Crippen LogP contribution >= 0.6 is 0 Å². The number of benzene rings is 1. The van der Waals surface area contributed by atoms with E-state index in [1.165, 1.54) is 56.2 Å². The average molecular weight is 231 g/mol. The summed E-state index contributed by atoms with van der Waals surface area (Å²) in [5.41, 5.74) is 3.55. The van der Waals surface area contributed by atoms with Crippen molar-refractivity contribution in [1.29, 1.82) is 0 Å². The van der Waals surface area contributed by atoms with E-state index in [0.29, 0.717) is 5.41 Å². The highest BCUT2D eigenvalue weighted by molar-refractivity contribution is 5.24. The van der Waals surface area contributed by atoms with E-state index in [2.05, 4.69) is 43.6 Å². The number of aryl methyl sites for hydroxylation is 1. The van der Waals surface area contributed by atoms with Gasteiger partial charge >= 0.3 is 0 Å². The van der Waals surface area contributed by atoms with Crippen molar-refractivity contribution in [3.05, 3.63) is 35.4 Å². The summed E-state index contributed by atoms with van der Waals surface area (Å²) >= 11 is 0. The molecular weight excluding hydrogens is 206 g/mol. The maximum absolute atomic E-state index is 3.36. The molecule has 2 rings (SSSR count). The van der Waals surface area contributed by atoms with E-state index in [1.54, 1.807) is 0 Å². The van der Waals surface area contributed by atoms with Crippen LogP contribution in [0.1, 0.15) is 43.7 Å². The van der Waals surface area contributed by atoms with E-state index < -0.39 is 0 Å². The van der Waals surface area contributed by atoms with Gasteiger partial charge in [0.1, 0.15) is 0 Å². The van der Waals surface area contributed by atoms with E-state index in [9.17, 15) is 0 Å². The van der Waals surface area contributed by atoms with Crippen LogP contribution in [-0.4, -0.2) is 13.6 Å². The Morgan fingerprint density at radius 2 is 1.76 bits per heavy atom. The highest BCUT2D eigenvalue weighted by Crippen LogP contribution is 2.43. The Hall–Kier alpha value is -0.820. The molecule has 1 aromatic rings. The highest BCUT2D eigenvalue weighted by Gasteiger charge is 2.35. The Bertz CT molecular complexity index is 335. The molecule has 0 spiro atoms. The lowest BCUT2D eigenvalue weighted by Gasteiger charge is -2.42. The second kappa shape index (κ2) is 5.68. The van der Waals surface area contributed by atoms with Gasteiger partial charge in [-0.2, -0.15) is 0 Å². The highest BCUT2D eigenvalue weighted by atomic mass is 14.8. The number of hydrogen-bond donors (Lipinski definition) is 1. The zero-order valence-electron chi connectivity index (χ0n) is 11.3. The number of nitrogens with one attached hydrogen (secondary N) is 1. The van der Waals surface area contributed by atoms with Gasteiger partial charge in [-0.05, 0) is 49.3 Å². The number of rotatable bonds is 6. The van der Waals surface area contributed by atoms with Gasteiger partial charge in [0, 0.05) is 6.54 Å². The van der Waals surface area contributed by atoms with Gasteiger partial charge < -0.3 is 5.32 Å². The SMILES string of the molecule is CCCc1ccc(CC2(CNC)CCC2)cc1. The maximum Gasteiger partial charge on any atom is 0.000799 e. The summed E-state index contributed by atoms with van der Waals surface area (Å²) in [6.07, 6.45) is 7.90. The fourth-order valence-corrected chi connectivity index (χ4v) is 3.01. The van der Waals surface area contributed by atoms with Gasteiger partial charge in [0.25, 0.3) is 0 Å². The van der Waals surface area contributed by atoms with Crippen molar-refractivity contribution in [1.82, 2.24) is 5.32 Å². The molecule has 1 nitrogen and oxygen atoms in total. The largest absolute Gasteiger partial charge is 0.319 e. The van der Waals surface area contributed by atoms with E-state index in [1.807, 2.05) is 0 Å². The molecule has 0 aliphatic heterocycles. The Morgan fingerprint density at radius 3 is 2.24 bits per heavy atom. The smallest absolute Gasteiger partial charge is 0.000799 e. The van der Waals surface area contributed by atoms with Crippen molar-refractivity contribution in [2.45, 2.75) is 45.4 Å². The molecule has 1 aliphatic carbocycles. The van der Waals surface area contributed by atoms with Crippen LogP contribution in [0.2, 0.25) is 0 Å². The molecule has 0 amide bonds. The molecule has 0 heterocycles. The standard InChI is InChI=1S/C16H25N/c1-3-5-14-6-8-15(9-7-14)12-16(13-17-2)10-4-11-16/h6-9,17H,3-5,10-13H2,1-2H3. The summed E-state index contributed by atoms with van der Waals surface area (Å²) in [5.74, 6) is 0. The first kappa shape index (κ1) is 12.6. The van der Waals surface area contributed by atoms with Crippen molar-refractivity contribution in [2.24, 2.45) is 5.41 Å².